The lowest BCUT2D eigenvalue weighted by Crippen LogP contribution is -2.29. The van der Waals surface area contributed by atoms with Crippen molar-refractivity contribution in [3.05, 3.63) is 47.7 Å². The number of nitrogens with one attached hydrogen (secondary N) is 1. The highest BCUT2D eigenvalue weighted by atomic mass is 16.5. The van der Waals surface area contributed by atoms with Crippen molar-refractivity contribution >= 4 is 5.91 Å². The smallest absolute Gasteiger partial charge is 0.251 e. The second kappa shape index (κ2) is 7.53. The first-order valence-corrected chi connectivity index (χ1v) is 8.43. The number of ether oxygens (including phenoxy) is 1. The van der Waals surface area contributed by atoms with Crippen LogP contribution in [0.5, 0.6) is 0 Å². The van der Waals surface area contributed by atoms with Crippen LogP contribution in [-0.2, 0) is 4.74 Å². The molecule has 1 fully saturated rings. The van der Waals surface area contributed by atoms with E-state index in [1.165, 1.54) is 0 Å². The fraction of sp³-hybridized carbons (Fsp3) is 0.421. The molecular weight excluding hydrogens is 302 g/mol. The average molecular weight is 325 g/mol. The molecule has 0 unspecified atom stereocenters. The van der Waals surface area contributed by atoms with E-state index in [2.05, 4.69) is 29.4 Å². The third kappa shape index (κ3) is 3.97. The SMILES string of the molecule is CC(C)c1ccc(-c2cccc(C(=O)NC[C@H]3CCOC3)c2)nn1. The Hall–Kier alpha value is -2.27. The molecule has 2 aromatic rings. The molecular formula is C19H23N3O2. The monoisotopic (exact) mass is 325 g/mol. The summed E-state index contributed by atoms with van der Waals surface area (Å²) in [6.45, 7) is 6.36. The second-order valence-electron chi connectivity index (χ2n) is 6.52. The van der Waals surface area contributed by atoms with E-state index in [0.717, 1.165) is 36.6 Å². The third-order valence-corrected chi connectivity index (χ3v) is 4.27. The number of rotatable bonds is 5. The van der Waals surface area contributed by atoms with Gasteiger partial charge in [-0.2, -0.15) is 10.2 Å². The highest BCUT2D eigenvalue weighted by molar-refractivity contribution is 5.95. The van der Waals surface area contributed by atoms with Crippen LogP contribution in [0.25, 0.3) is 11.3 Å². The first kappa shape index (κ1) is 16.6. The van der Waals surface area contributed by atoms with Crippen molar-refractivity contribution < 1.29 is 9.53 Å². The molecule has 1 atom stereocenters. The van der Waals surface area contributed by atoms with Gasteiger partial charge in [0.2, 0.25) is 0 Å². The minimum absolute atomic E-state index is 0.0597. The fourth-order valence-corrected chi connectivity index (χ4v) is 2.71. The summed E-state index contributed by atoms with van der Waals surface area (Å²) in [4.78, 5) is 12.3. The molecule has 0 aliphatic carbocycles. The Kier molecular flexibility index (Phi) is 5.20. The molecule has 0 radical (unpaired) electrons. The fourth-order valence-electron chi connectivity index (χ4n) is 2.71. The Bertz CT molecular complexity index is 692. The largest absolute Gasteiger partial charge is 0.381 e. The molecule has 126 valence electrons. The van der Waals surface area contributed by atoms with E-state index in [1.54, 1.807) is 0 Å². The standard InChI is InChI=1S/C19H23N3O2/c1-13(2)17-6-7-18(22-21-17)15-4-3-5-16(10-15)19(23)20-11-14-8-9-24-12-14/h3-7,10,13-14H,8-9,11-12H2,1-2H3,(H,20,23)/t14-/m1/s1. The lowest BCUT2D eigenvalue weighted by atomic mass is 10.1. The van der Waals surface area contributed by atoms with Crippen molar-refractivity contribution in [3.63, 3.8) is 0 Å². The van der Waals surface area contributed by atoms with E-state index in [9.17, 15) is 4.79 Å². The molecule has 1 aromatic carbocycles. The van der Waals surface area contributed by atoms with E-state index in [0.29, 0.717) is 23.9 Å². The molecule has 0 bridgehead atoms. The molecule has 1 N–H and O–H groups in total. The summed E-state index contributed by atoms with van der Waals surface area (Å²) in [5.74, 6) is 0.713. The number of carbonyl (C=O) groups excluding carboxylic acids is 1. The summed E-state index contributed by atoms with van der Waals surface area (Å²) in [7, 11) is 0. The number of nitrogens with zero attached hydrogens (tertiary/aromatic N) is 2. The number of hydrogen-bond donors (Lipinski definition) is 1. The first-order valence-electron chi connectivity index (χ1n) is 8.43. The molecule has 24 heavy (non-hydrogen) atoms. The average Bonchev–Trinajstić information content (AvgIpc) is 3.13. The van der Waals surface area contributed by atoms with Crippen molar-refractivity contribution in [2.45, 2.75) is 26.2 Å². The third-order valence-electron chi connectivity index (χ3n) is 4.27. The molecule has 0 saturated carbocycles. The van der Waals surface area contributed by atoms with Gasteiger partial charge in [-0.3, -0.25) is 4.79 Å². The minimum Gasteiger partial charge on any atom is -0.381 e. The van der Waals surface area contributed by atoms with Gasteiger partial charge >= 0.3 is 0 Å². The van der Waals surface area contributed by atoms with Crippen molar-refractivity contribution in [2.24, 2.45) is 5.92 Å². The minimum atomic E-state index is -0.0597. The summed E-state index contributed by atoms with van der Waals surface area (Å²) in [6.07, 6.45) is 1.01. The van der Waals surface area contributed by atoms with Crippen LogP contribution in [0.3, 0.4) is 0 Å². The predicted molar refractivity (Wildman–Crippen MR) is 92.8 cm³/mol. The summed E-state index contributed by atoms with van der Waals surface area (Å²) in [6, 6.07) is 11.4. The Labute approximate surface area is 142 Å². The van der Waals surface area contributed by atoms with Gasteiger partial charge in [0.25, 0.3) is 5.91 Å². The van der Waals surface area contributed by atoms with Crippen LogP contribution in [0.2, 0.25) is 0 Å². The van der Waals surface area contributed by atoms with Crippen molar-refractivity contribution in [1.29, 1.82) is 0 Å². The number of aromatic nitrogens is 2. The van der Waals surface area contributed by atoms with Crippen LogP contribution in [0.4, 0.5) is 0 Å². The van der Waals surface area contributed by atoms with Gasteiger partial charge in [0.15, 0.2) is 0 Å². The lowest BCUT2D eigenvalue weighted by molar-refractivity contribution is 0.0945. The maximum Gasteiger partial charge on any atom is 0.251 e. The molecule has 1 aromatic heterocycles. The number of carbonyl (C=O) groups is 1. The molecule has 2 heterocycles. The summed E-state index contributed by atoms with van der Waals surface area (Å²) in [5.41, 5.74) is 3.28. The Morgan fingerprint density at radius 2 is 2.17 bits per heavy atom. The van der Waals surface area contributed by atoms with Crippen LogP contribution in [0.1, 0.15) is 42.2 Å². The zero-order valence-corrected chi connectivity index (χ0v) is 14.2. The zero-order valence-electron chi connectivity index (χ0n) is 14.2. The van der Waals surface area contributed by atoms with Crippen LogP contribution in [0.15, 0.2) is 36.4 Å². The molecule has 1 saturated heterocycles. The van der Waals surface area contributed by atoms with Gasteiger partial charge in [0.1, 0.15) is 0 Å². The quantitative estimate of drug-likeness (QED) is 0.918. The molecule has 1 aliphatic heterocycles. The van der Waals surface area contributed by atoms with Gasteiger partial charge in [0, 0.05) is 30.2 Å². The van der Waals surface area contributed by atoms with Gasteiger partial charge in [-0.15, -0.1) is 0 Å². The van der Waals surface area contributed by atoms with Crippen molar-refractivity contribution in [1.82, 2.24) is 15.5 Å². The van der Waals surface area contributed by atoms with Gasteiger partial charge in [-0.25, -0.2) is 0 Å². The van der Waals surface area contributed by atoms with E-state index in [-0.39, 0.29) is 5.91 Å². The molecule has 0 spiro atoms. The van der Waals surface area contributed by atoms with Gasteiger partial charge < -0.3 is 10.1 Å². The maximum absolute atomic E-state index is 12.3. The molecule has 1 amide bonds. The first-order chi connectivity index (χ1) is 11.6. The number of benzene rings is 1. The number of amides is 1. The van der Waals surface area contributed by atoms with Gasteiger partial charge in [-0.1, -0.05) is 26.0 Å². The molecule has 3 rings (SSSR count). The highest BCUT2D eigenvalue weighted by Gasteiger charge is 2.17. The summed E-state index contributed by atoms with van der Waals surface area (Å²) in [5, 5.41) is 11.5. The Morgan fingerprint density at radius 1 is 1.29 bits per heavy atom. The van der Waals surface area contributed by atoms with Gasteiger partial charge in [-0.05, 0) is 36.6 Å². The normalized spacial score (nSPS) is 17.2. The van der Waals surface area contributed by atoms with Crippen LogP contribution >= 0.6 is 0 Å². The molecule has 1 aliphatic rings. The predicted octanol–water partition coefficient (Wildman–Crippen LogP) is 3.03. The summed E-state index contributed by atoms with van der Waals surface area (Å²) >= 11 is 0. The van der Waals surface area contributed by atoms with E-state index in [1.807, 2.05) is 36.4 Å². The zero-order chi connectivity index (χ0) is 16.9. The molecule has 5 heteroatoms. The lowest BCUT2D eigenvalue weighted by Gasteiger charge is -2.10. The Morgan fingerprint density at radius 3 is 2.83 bits per heavy atom. The van der Waals surface area contributed by atoms with Crippen LogP contribution < -0.4 is 5.32 Å². The van der Waals surface area contributed by atoms with Crippen molar-refractivity contribution in [2.75, 3.05) is 19.8 Å². The topological polar surface area (TPSA) is 64.1 Å². The second-order valence-corrected chi connectivity index (χ2v) is 6.52. The maximum atomic E-state index is 12.3. The van der Waals surface area contributed by atoms with Crippen LogP contribution in [-0.4, -0.2) is 35.9 Å². The van der Waals surface area contributed by atoms with Crippen LogP contribution in [0, 0.1) is 5.92 Å². The van der Waals surface area contributed by atoms with E-state index in [4.69, 9.17) is 4.74 Å². The van der Waals surface area contributed by atoms with E-state index < -0.39 is 0 Å². The van der Waals surface area contributed by atoms with Crippen molar-refractivity contribution in [3.8, 4) is 11.3 Å². The Balaban J connectivity index is 1.69. The van der Waals surface area contributed by atoms with E-state index >= 15 is 0 Å². The molecule has 5 nitrogen and oxygen atoms in total. The van der Waals surface area contributed by atoms with Gasteiger partial charge in [0.05, 0.1) is 18.0 Å². The summed E-state index contributed by atoms with van der Waals surface area (Å²) < 4.78 is 5.33. The highest BCUT2D eigenvalue weighted by Crippen LogP contribution is 2.20. The number of hydrogen-bond acceptors (Lipinski definition) is 4.